The molecule has 0 saturated heterocycles. The molecule has 2 aromatic rings. The fourth-order valence-electron chi connectivity index (χ4n) is 2.41. The minimum atomic E-state index is -0.131. The van der Waals surface area contributed by atoms with Gasteiger partial charge in [0.05, 0.1) is 24.1 Å². The molecule has 5 heteroatoms. The predicted molar refractivity (Wildman–Crippen MR) is 71.3 cm³/mol. The first-order valence-electron chi connectivity index (χ1n) is 5.81. The van der Waals surface area contributed by atoms with Gasteiger partial charge in [-0.15, -0.1) is 0 Å². The van der Waals surface area contributed by atoms with Crippen LogP contribution in [0.4, 0.5) is 0 Å². The lowest BCUT2D eigenvalue weighted by molar-refractivity contribution is -0.142. The smallest absolute Gasteiger partial charge is 0.309 e. The quantitative estimate of drug-likeness (QED) is 0.801. The molecule has 4 nitrogen and oxygen atoms in total. The Morgan fingerprint density at radius 2 is 2.33 bits per heavy atom. The molecule has 1 saturated carbocycles. The van der Waals surface area contributed by atoms with E-state index in [0.29, 0.717) is 0 Å². The zero-order valence-corrected chi connectivity index (χ0v) is 11.8. The van der Waals surface area contributed by atoms with Crippen molar-refractivity contribution in [2.24, 2.45) is 13.0 Å². The van der Waals surface area contributed by atoms with Gasteiger partial charge in [0, 0.05) is 17.4 Å². The van der Waals surface area contributed by atoms with Crippen LogP contribution in [-0.2, 0) is 16.6 Å². The number of benzene rings is 1. The van der Waals surface area contributed by atoms with Gasteiger partial charge < -0.3 is 9.30 Å². The molecule has 1 aliphatic rings. The molecular weight excluding hydrogens is 296 g/mol. The van der Waals surface area contributed by atoms with Gasteiger partial charge in [-0.3, -0.25) is 4.79 Å². The number of carbonyl (C=O) groups excluding carboxylic acids is 1. The first kappa shape index (κ1) is 11.7. The number of hydrogen-bond acceptors (Lipinski definition) is 3. The molecule has 94 valence electrons. The zero-order chi connectivity index (χ0) is 12.9. The molecule has 1 aromatic carbocycles. The predicted octanol–water partition coefficient (Wildman–Crippen LogP) is 2.61. The van der Waals surface area contributed by atoms with E-state index in [0.717, 1.165) is 27.8 Å². The number of methoxy groups -OCH3 is 1. The topological polar surface area (TPSA) is 44.1 Å². The maximum absolute atomic E-state index is 11.5. The van der Waals surface area contributed by atoms with E-state index in [9.17, 15) is 4.79 Å². The maximum Gasteiger partial charge on any atom is 0.309 e. The first-order chi connectivity index (χ1) is 8.61. The Bertz CT molecular complexity index is 635. The molecule has 1 heterocycles. The molecule has 18 heavy (non-hydrogen) atoms. The first-order valence-corrected chi connectivity index (χ1v) is 6.61. The Hall–Kier alpha value is -1.36. The Labute approximate surface area is 113 Å². The van der Waals surface area contributed by atoms with Gasteiger partial charge in [-0.05, 0) is 24.6 Å². The van der Waals surface area contributed by atoms with Crippen molar-refractivity contribution in [2.45, 2.75) is 12.3 Å². The highest BCUT2D eigenvalue weighted by Crippen LogP contribution is 2.48. The second-order valence-electron chi connectivity index (χ2n) is 4.63. The van der Waals surface area contributed by atoms with Crippen molar-refractivity contribution in [1.82, 2.24) is 9.55 Å². The molecule has 0 amide bonds. The van der Waals surface area contributed by atoms with E-state index in [1.165, 1.54) is 7.11 Å². The summed E-state index contributed by atoms with van der Waals surface area (Å²) in [6.45, 7) is 0. The second-order valence-corrected chi connectivity index (χ2v) is 5.55. The van der Waals surface area contributed by atoms with E-state index < -0.39 is 0 Å². The lowest BCUT2D eigenvalue weighted by atomic mass is 10.3. The van der Waals surface area contributed by atoms with Crippen molar-refractivity contribution in [3.05, 3.63) is 28.5 Å². The molecule has 1 aliphatic carbocycles. The van der Waals surface area contributed by atoms with Gasteiger partial charge in [-0.25, -0.2) is 4.98 Å². The minimum absolute atomic E-state index is 0.0195. The molecule has 3 rings (SSSR count). The molecule has 1 aromatic heterocycles. The van der Waals surface area contributed by atoms with E-state index in [1.807, 2.05) is 25.2 Å². The van der Waals surface area contributed by atoms with Gasteiger partial charge in [0.2, 0.25) is 0 Å². The Morgan fingerprint density at radius 3 is 3.06 bits per heavy atom. The number of nitrogens with zero attached hydrogens (tertiary/aromatic N) is 2. The number of rotatable bonds is 2. The Morgan fingerprint density at radius 1 is 1.56 bits per heavy atom. The summed E-state index contributed by atoms with van der Waals surface area (Å²) in [6.07, 6.45) is 0.838. The summed E-state index contributed by atoms with van der Waals surface area (Å²) in [6, 6.07) is 6.00. The van der Waals surface area contributed by atoms with Crippen LogP contribution in [0.1, 0.15) is 18.2 Å². The van der Waals surface area contributed by atoms with Crippen LogP contribution >= 0.6 is 15.9 Å². The summed E-state index contributed by atoms with van der Waals surface area (Å²) in [4.78, 5) is 16.1. The van der Waals surface area contributed by atoms with Crippen molar-refractivity contribution in [3.63, 3.8) is 0 Å². The normalized spacial score (nSPS) is 22.2. The highest BCUT2D eigenvalue weighted by atomic mass is 79.9. The van der Waals surface area contributed by atoms with Crippen LogP contribution in [0.25, 0.3) is 11.0 Å². The molecule has 0 N–H and O–H groups in total. The lowest BCUT2D eigenvalue weighted by Crippen LogP contribution is -2.06. The number of ether oxygens (including phenoxy) is 1. The largest absolute Gasteiger partial charge is 0.469 e. The van der Waals surface area contributed by atoms with Crippen molar-refractivity contribution in [2.75, 3.05) is 7.11 Å². The van der Waals surface area contributed by atoms with E-state index in [1.54, 1.807) is 0 Å². The average molecular weight is 309 g/mol. The Balaban J connectivity index is 1.99. The molecule has 0 spiro atoms. The fourth-order valence-corrected chi connectivity index (χ4v) is 2.75. The molecular formula is C13H13BrN2O2. The number of aromatic nitrogens is 2. The van der Waals surface area contributed by atoms with Crippen LogP contribution in [0.5, 0.6) is 0 Å². The third-order valence-electron chi connectivity index (χ3n) is 3.50. The van der Waals surface area contributed by atoms with Crippen LogP contribution in [0, 0.1) is 5.92 Å². The highest BCUT2D eigenvalue weighted by Gasteiger charge is 2.47. The van der Waals surface area contributed by atoms with Crippen LogP contribution in [0.15, 0.2) is 22.7 Å². The monoisotopic (exact) mass is 308 g/mol. The summed E-state index contributed by atoms with van der Waals surface area (Å²) >= 11 is 3.46. The van der Waals surface area contributed by atoms with Gasteiger partial charge in [-0.2, -0.15) is 0 Å². The number of fused-ring (bicyclic) bond motifs is 1. The van der Waals surface area contributed by atoms with E-state index in [-0.39, 0.29) is 17.8 Å². The molecule has 2 unspecified atom stereocenters. The average Bonchev–Trinajstić information content (AvgIpc) is 3.09. The second kappa shape index (κ2) is 4.09. The molecule has 1 fully saturated rings. The van der Waals surface area contributed by atoms with Gasteiger partial charge in [-0.1, -0.05) is 15.9 Å². The van der Waals surface area contributed by atoms with Gasteiger partial charge in [0.25, 0.3) is 0 Å². The number of aryl methyl sites for hydroxylation is 1. The fraction of sp³-hybridized carbons (Fsp3) is 0.385. The van der Waals surface area contributed by atoms with Crippen LogP contribution in [0.3, 0.4) is 0 Å². The summed E-state index contributed by atoms with van der Waals surface area (Å²) in [5.74, 6) is 1.02. The summed E-state index contributed by atoms with van der Waals surface area (Å²) in [5, 5.41) is 0. The third kappa shape index (κ3) is 1.73. The van der Waals surface area contributed by atoms with Gasteiger partial charge in [0.1, 0.15) is 5.82 Å². The van der Waals surface area contributed by atoms with E-state index in [2.05, 4.69) is 25.5 Å². The van der Waals surface area contributed by atoms with Crippen molar-refractivity contribution in [3.8, 4) is 0 Å². The van der Waals surface area contributed by atoms with E-state index >= 15 is 0 Å². The van der Waals surface area contributed by atoms with Crippen molar-refractivity contribution in [1.29, 1.82) is 0 Å². The van der Waals surface area contributed by atoms with Crippen LogP contribution < -0.4 is 0 Å². The SMILES string of the molecule is COC(=O)C1CC1c1nc2ccc(Br)cc2n1C. The number of halogens is 1. The van der Waals surface area contributed by atoms with Crippen LogP contribution in [0.2, 0.25) is 0 Å². The van der Waals surface area contributed by atoms with Crippen molar-refractivity contribution >= 4 is 32.9 Å². The highest BCUT2D eigenvalue weighted by molar-refractivity contribution is 9.10. The van der Waals surface area contributed by atoms with Crippen molar-refractivity contribution < 1.29 is 9.53 Å². The van der Waals surface area contributed by atoms with Gasteiger partial charge in [0.15, 0.2) is 0 Å². The third-order valence-corrected chi connectivity index (χ3v) is 4.00. The minimum Gasteiger partial charge on any atom is -0.469 e. The summed E-state index contributed by atoms with van der Waals surface area (Å²) in [5.41, 5.74) is 2.04. The Kier molecular flexibility index (Phi) is 2.66. The van der Waals surface area contributed by atoms with Gasteiger partial charge >= 0.3 is 5.97 Å². The molecule has 0 radical (unpaired) electrons. The standard InChI is InChI=1S/C13H13BrN2O2/c1-16-11-5-7(14)3-4-10(11)15-12(16)8-6-9(8)13(17)18-2/h3-5,8-9H,6H2,1-2H3. The van der Waals surface area contributed by atoms with E-state index in [4.69, 9.17) is 4.74 Å². The lowest BCUT2D eigenvalue weighted by Gasteiger charge is -2.01. The summed E-state index contributed by atoms with van der Waals surface area (Å²) < 4.78 is 7.87. The number of carbonyl (C=O) groups is 1. The number of hydrogen-bond donors (Lipinski definition) is 0. The summed E-state index contributed by atoms with van der Waals surface area (Å²) in [7, 11) is 3.42. The molecule has 0 aliphatic heterocycles. The van der Waals surface area contributed by atoms with Crippen LogP contribution in [-0.4, -0.2) is 22.6 Å². The zero-order valence-electron chi connectivity index (χ0n) is 10.2. The molecule has 2 atom stereocenters. The molecule has 0 bridgehead atoms. The maximum atomic E-state index is 11.5. The number of imidazole rings is 1. The number of esters is 1.